The van der Waals surface area contributed by atoms with E-state index in [0.29, 0.717) is 21.8 Å². The number of hydrogen-bond acceptors (Lipinski definition) is 6. The lowest BCUT2D eigenvalue weighted by atomic mass is 10.1. The maximum absolute atomic E-state index is 12.9. The van der Waals surface area contributed by atoms with E-state index < -0.39 is 17.2 Å². The zero-order valence-corrected chi connectivity index (χ0v) is 19.9. The molecule has 0 fully saturated rings. The number of nitrogens with zero attached hydrogens (tertiary/aromatic N) is 5. The SMILES string of the molecule is Cc1cc(NC(=O)C(=O)c2c[nH]c3ccccc23)n(-c2nc3c(cnn3-c3cccc(Cl)c3)c(=O)[nH]2)n1. The Kier molecular flexibility index (Phi) is 5.20. The first kappa shape index (κ1) is 22.4. The van der Waals surface area contributed by atoms with Crippen molar-refractivity contribution in [1.29, 1.82) is 0 Å². The lowest BCUT2D eigenvalue weighted by Gasteiger charge is -2.08. The van der Waals surface area contributed by atoms with Gasteiger partial charge in [-0.25, -0.2) is 4.68 Å². The molecule has 0 unspecified atom stereocenters. The molecule has 0 radical (unpaired) electrons. The monoisotopic (exact) mass is 512 g/mol. The maximum Gasteiger partial charge on any atom is 0.298 e. The fourth-order valence-electron chi connectivity index (χ4n) is 4.11. The van der Waals surface area contributed by atoms with Gasteiger partial charge in [-0.2, -0.15) is 19.9 Å². The molecule has 0 bridgehead atoms. The second-order valence-corrected chi connectivity index (χ2v) is 8.71. The number of amides is 1. The largest absolute Gasteiger partial charge is 0.360 e. The number of fused-ring (bicyclic) bond motifs is 2. The molecule has 0 aliphatic carbocycles. The number of aromatic amines is 2. The third-order valence-electron chi connectivity index (χ3n) is 5.79. The molecule has 3 N–H and O–H groups in total. The summed E-state index contributed by atoms with van der Waals surface area (Å²) in [6, 6.07) is 15.7. The van der Waals surface area contributed by atoms with E-state index in [9.17, 15) is 14.4 Å². The van der Waals surface area contributed by atoms with E-state index in [1.165, 1.54) is 21.8 Å². The molecule has 11 nitrogen and oxygen atoms in total. The van der Waals surface area contributed by atoms with Gasteiger partial charge in [-0.05, 0) is 31.2 Å². The Morgan fingerprint density at radius 1 is 1.03 bits per heavy atom. The van der Waals surface area contributed by atoms with Crippen molar-refractivity contribution in [2.75, 3.05) is 5.32 Å². The predicted octanol–water partition coefficient (Wildman–Crippen LogP) is 3.56. The van der Waals surface area contributed by atoms with Gasteiger partial charge in [0.15, 0.2) is 5.65 Å². The topological polar surface area (TPSA) is 143 Å². The highest BCUT2D eigenvalue weighted by molar-refractivity contribution is 6.48. The van der Waals surface area contributed by atoms with Gasteiger partial charge in [0.25, 0.3) is 17.2 Å². The van der Waals surface area contributed by atoms with Crippen molar-refractivity contribution in [3.05, 3.63) is 93.6 Å². The van der Waals surface area contributed by atoms with Crippen LogP contribution in [0.5, 0.6) is 0 Å². The van der Waals surface area contributed by atoms with Crippen LogP contribution in [0.4, 0.5) is 5.82 Å². The van der Waals surface area contributed by atoms with Crippen LogP contribution in [0.15, 0.2) is 71.8 Å². The van der Waals surface area contributed by atoms with Crippen LogP contribution >= 0.6 is 11.6 Å². The number of aryl methyl sites for hydroxylation is 1. The lowest BCUT2D eigenvalue weighted by molar-refractivity contribution is -0.112. The smallest absolute Gasteiger partial charge is 0.298 e. The summed E-state index contributed by atoms with van der Waals surface area (Å²) in [7, 11) is 0. The van der Waals surface area contributed by atoms with Crippen LogP contribution in [0.25, 0.3) is 33.6 Å². The first-order valence-corrected chi connectivity index (χ1v) is 11.5. The second-order valence-electron chi connectivity index (χ2n) is 8.28. The molecule has 12 heteroatoms. The molecule has 0 aliphatic rings. The van der Waals surface area contributed by atoms with Crippen LogP contribution < -0.4 is 10.9 Å². The number of anilines is 1. The third-order valence-corrected chi connectivity index (χ3v) is 6.03. The van der Waals surface area contributed by atoms with E-state index in [-0.39, 0.29) is 28.4 Å². The summed E-state index contributed by atoms with van der Waals surface area (Å²) in [5.74, 6) is -1.40. The molecule has 182 valence electrons. The Morgan fingerprint density at radius 3 is 2.70 bits per heavy atom. The summed E-state index contributed by atoms with van der Waals surface area (Å²) in [5.41, 5.74) is 1.94. The first-order chi connectivity index (χ1) is 17.9. The molecule has 4 heterocycles. The summed E-state index contributed by atoms with van der Waals surface area (Å²) >= 11 is 6.12. The summed E-state index contributed by atoms with van der Waals surface area (Å²) in [5, 5.41) is 12.6. The number of nitrogens with one attached hydrogen (secondary N) is 3. The van der Waals surface area contributed by atoms with E-state index in [2.05, 4.69) is 30.5 Å². The molecule has 6 rings (SSSR count). The zero-order valence-electron chi connectivity index (χ0n) is 19.2. The highest BCUT2D eigenvalue weighted by Gasteiger charge is 2.23. The number of ketones is 1. The second kappa shape index (κ2) is 8.57. The van der Waals surface area contributed by atoms with Crippen LogP contribution in [-0.2, 0) is 4.79 Å². The van der Waals surface area contributed by atoms with Gasteiger partial charge in [-0.3, -0.25) is 19.4 Å². The molecule has 6 aromatic rings. The van der Waals surface area contributed by atoms with E-state index in [1.54, 1.807) is 49.4 Å². The Balaban J connectivity index is 1.39. The van der Waals surface area contributed by atoms with Crippen LogP contribution in [-0.4, -0.2) is 46.2 Å². The molecular weight excluding hydrogens is 496 g/mol. The van der Waals surface area contributed by atoms with Gasteiger partial charge in [0.2, 0.25) is 5.95 Å². The molecule has 0 spiro atoms. The molecule has 0 aliphatic heterocycles. The first-order valence-electron chi connectivity index (χ1n) is 11.1. The van der Waals surface area contributed by atoms with Crippen LogP contribution in [0.2, 0.25) is 5.02 Å². The van der Waals surface area contributed by atoms with Gasteiger partial charge in [0.05, 0.1) is 23.1 Å². The van der Waals surface area contributed by atoms with Gasteiger partial charge < -0.3 is 10.3 Å². The van der Waals surface area contributed by atoms with Crippen molar-refractivity contribution in [1.82, 2.24) is 34.5 Å². The number of benzene rings is 2. The molecule has 0 saturated heterocycles. The van der Waals surface area contributed by atoms with Crippen LogP contribution in [0, 0.1) is 6.92 Å². The van der Waals surface area contributed by atoms with E-state index >= 15 is 0 Å². The van der Waals surface area contributed by atoms with Gasteiger partial charge in [0.1, 0.15) is 11.2 Å². The number of H-pyrrole nitrogens is 2. The minimum absolute atomic E-state index is 0.0317. The highest BCUT2D eigenvalue weighted by Crippen LogP contribution is 2.21. The van der Waals surface area contributed by atoms with Crippen LogP contribution in [0.3, 0.4) is 0 Å². The fourth-order valence-corrected chi connectivity index (χ4v) is 4.29. The van der Waals surface area contributed by atoms with Gasteiger partial charge in [-0.15, -0.1) is 0 Å². The number of carbonyl (C=O) groups is 2. The van der Waals surface area contributed by atoms with E-state index in [4.69, 9.17) is 11.6 Å². The summed E-state index contributed by atoms with van der Waals surface area (Å²) < 4.78 is 2.74. The predicted molar refractivity (Wildman–Crippen MR) is 138 cm³/mol. The fraction of sp³-hybridized carbons (Fsp3) is 0.0400. The molecule has 0 atom stereocenters. The number of aromatic nitrogens is 7. The van der Waals surface area contributed by atoms with Gasteiger partial charge >= 0.3 is 0 Å². The number of hydrogen-bond donors (Lipinski definition) is 3. The Labute approximate surface area is 212 Å². The summed E-state index contributed by atoms with van der Waals surface area (Å²) in [6.07, 6.45) is 2.90. The average Bonchev–Trinajstić information content (AvgIpc) is 3.60. The van der Waals surface area contributed by atoms with Crippen molar-refractivity contribution in [2.24, 2.45) is 0 Å². The lowest BCUT2D eigenvalue weighted by Crippen LogP contribution is -2.25. The zero-order chi connectivity index (χ0) is 25.7. The normalized spacial score (nSPS) is 11.3. The third kappa shape index (κ3) is 3.87. The van der Waals surface area contributed by atoms with Crippen molar-refractivity contribution in [3.63, 3.8) is 0 Å². The molecule has 2 aromatic carbocycles. The Hall–Kier alpha value is -5.03. The van der Waals surface area contributed by atoms with Crippen molar-refractivity contribution in [2.45, 2.75) is 6.92 Å². The number of halogens is 1. The number of rotatable bonds is 5. The molecule has 1 amide bonds. The van der Waals surface area contributed by atoms with Crippen molar-refractivity contribution >= 4 is 51.0 Å². The van der Waals surface area contributed by atoms with Crippen molar-refractivity contribution < 1.29 is 9.59 Å². The number of Topliss-reactive ketones (excluding diaryl/α,β-unsaturated/α-hetero) is 1. The minimum Gasteiger partial charge on any atom is -0.360 e. The molecular formula is C25H17ClN8O3. The molecule has 4 aromatic heterocycles. The standard InChI is InChI=1S/C25H17ClN8O3/c1-13-9-20(29-24(37)21(35)17-11-27-19-8-3-2-7-16(17)19)34(32-13)25-30-22-18(23(36)31-25)12-28-33(22)15-6-4-5-14(26)10-15/h2-12,27H,1H3,(H,29,37)(H,30,31,36). The average molecular weight is 513 g/mol. The minimum atomic E-state index is -0.863. The number of carbonyl (C=O) groups excluding carboxylic acids is 2. The van der Waals surface area contributed by atoms with E-state index in [1.807, 2.05) is 12.1 Å². The molecule has 0 saturated carbocycles. The number of para-hydroxylation sites is 1. The van der Waals surface area contributed by atoms with Gasteiger partial charge in [0, 0.05) is 28.2 Å². The summed E-state index contributed by atoms with van der Waals surface area (Å²) in [6.45, 7) is 1.71. The van der Waals surface area contributed by atoms with Gasteiger partial charge in [-0.1, -0.05) is 35.9 Å². The quantitative estimate of drug-likeness (QED) is 0.238. The van der Waals surface area contributed by atoms with Crippen molar-refractivity contribution in [3.8, 4) is 11.6 Å². The van der Waals surface area contributed by atoms with Crippen LogP contribution in [0.1, 0.15) is 16.1 Å². The highest BCUT2D eigenvalue weighted by atomic mass is 35.5. The summed E-state index contributed by atoms with van der Waals surface area (Å²) in [4.78, 5) is 48.9. The Morgan fingerprint density at radius 2 is 1.86 bits per heavy atom. The maximum atomic E-state index is 12.9. The molecule has 37 heavy (non-hydrogen) atoms. The van der Waals surface area contributed by atoms with E-state index in [0.717, 1.165) is 5.52 Å². The Bertz CT molecular complexity index is 1910.